The predicted molar refractivity (Wildman–Crippen MR) is 111 cm³/mol. The van der Waals surface area contributed by atoms with Gasteiger partial charge in [-0.2, -0.15) is 0 Å². The molecule has 0 spiro atoms. The Bertz CT molecular complexity index is 860. The van der Waals surface area contributed by atoms with Crippen LogP contribution in [0.5, 0.6) is 11.5 Å². The summed E-state index contributed by atoms with van der Waals surface area (Å²) in [5, 5.41) is 0. The van der Waals surface area contributed by atoms with Crippen LogP contribution in [0.15, 0.2) is 36.7 Å². The van der Waals surface area contributed by atoms with E-state index in [1.165, 1.54) is 0 Å². The van der Waals surface area contributed by atoms with E-state index in [4.69, 9.17) is 9.47 Å². The Morgan fingerprint density at radius 2 is 1.90 bits per heavy atom. The highest BCUT2D eigenvalue weighted by molar-refractivity contribution is 5.97. The number of anilines is 1. The van der Waals surface area contributed by atoms with Crippen molar-refractivity contribution in [1.29, 1.82) is 0 Å². The molecular weight excluding hydrogens is 368 g/mol. The SMILES string of the molecule is COc1ccc(OC)c(C(=O)N(C)[C@H]2C[C@H]3CCN(c4ncccn4)C[C@H]3C2)c1. The smallest absolute Gasteiger partial charge is 0.257 e. The maximum absolute atomic E-state index is 13.2. The zero-order valence-electron chi connectivity index (χ0n) is 17.2. The molecule has 3 atom stereocenters. The number of nitrogens with zero attached hydrogens (tertiary/aromatic N) is 4. The van der Waals surface area contributed by atoms with Crippen LogP contribution in [-0.4, -0.2) is 61.2 Å². The molecule has 0 unspecified atom stereocenters. The van der Waals surface area contributed by atoms with Crippen LogP contribution in [0, 0.1) is 11.8 Å². The summed E-state index contributed by atoms with van der Waals surface area (Å²) in [6.45, 7) is 1.93. The summed E-state index contributed by atoms with van der Waals surface area (Å²) in [5.74, 6) is 3.21. The Labute approximate surface area is 171 Å². The third-order valence-electron chi connectivity index (χ3n) is 6.38. The average Bonchev–Trinajstić information content (AvgIpc) is 3.21. The molecule has 4 rings (SSSR count). The first kappa shape index (κ1) is 19.5. The molecule has 2 aliphatic rings. The molecule has 0 N–H and O–H groups in total. The molecule has 1 aliphatic carbocycles. The number of hydrogen-bond acceptors (Lipinski definition) is 6. The van der Waals surface area contributed by atoms with Crippen LogP contribution in [0.1, 0.15) is 29.6 Å². The summed E-state index contributed by atoms with van der Waals surface area (Å²) < 4.78 is 10.7. The second kappa shape index (κ2) is 8.27. The van der Waals surface area contributed by atoms with E-state index in [0.717, 1.165) is 38.3 Å². The highest BCUT2D eigenvalue weighted by atomic mass is 16.5. The first-order chi connectivity index (χ1) is 14.1. The summed E-state index contributed by atoms with van der Waals surface area (Å²) in [5.41, 5.74) is 0.545. The van der Waals surface area contributed by atoms with Crippen LogP contribution in [0.4, 0.5) is 5.95 Å². The standard InChI is InChI=1S/C22H28N4O3/c1-25(21(27)19-13-18(28-2)5-6-20(19)29-3)17-11-15-7-10-26(14-16(15)12-17)22-23-8-4-9-24-22/h4-6,8-9,13,15-17H,7,10-12,14H2,1-3H3/t15-,16-,17+/m1/s1. The van der Waals surface area contributed by atoms with Gasteiger partial charge in [-0.3, -0.25) is 4.79 Å². The van der Waals surface area contributed by atoms with Crippen LogP contribution < -0.4 is 14.4 Å². The molecule has 0 radical (unpaired) electrons. The summed E-state index contributed by atoms with van der Waals surface area (Å²) in [6.07, 6.45) is 6.74. The molecule has 1 aliphatic heterocycles. The predicted octanol–water partition coefficient (Wildman–Crippen LogP) is 2.87. The topological polar surface area (TPSA) is 67.8 Å². The quantitative estimate of drug-likeness (QED) is 0.774. The van der Waals surface area contributed by atoms with Gasteiger partial charge in [0.2, 0.25) is 5.95 Å². The van der Waals surface area contributed by atoms with Crippen molar-refractivity contribution in [1.82, 2.24) is 14.9 Å². The van der Waals surface area contributed by atoms with Gasteiger partial charge in [0.05, 0.1) is 19.8 Å². The van der Waals surface area contributed by atoms with E-state index in [1.54, 1.807) is 44.8 Å². The van der Waals surface area contributed by atoms with Crippen molar-refractivity contribution >= 4 is 11.9 Å². The molecular formula is C22H28N4O3. The van der Waals surface area contributed by atoms with Gasteiger partial charge in [0.15, 0.2) is 0 Å². The molecule has 2 fully saturated rings. The van der Waals surface area contributed by atoms with E-state index in [-0.39, 0.29) is 11.9 Å². The van der Waals surface area contributed by atoms with Gasteiger partial charge >= 0.3 is 0 Å². The Balaban J connectivity index is 1.46. The van der Waals surface area contributed by atoms with Crippen molar-refractivity contribution in [2.75, 3.05) is 39.3 Å². The number of aromatic nitrogens is 2. The van der Waals surface area contributed by atoms with E-state index in [0.29, 0.717) is 28.9 Å². The number of carbonyl (C=O) groups excluding carboxylic acids is 1. The van der Waals surface area contributed by atoms with E-state index in [2.05, 4.69) is 14.9 Å². The normalized spacial score (nSPS) is 23.4. The van der Waals surface area contributed by atoms with Crippen molar-refractivity contribution in [2.24, 2.45) is 11.8 Å². The molecule has 1 saturated heterocycles. The Morgan fingerprint density at radius 1 is 1.14 bits per heavy atom. The molecule has 0 bridgehead atoms. The van der Waals surface area contributed by atoms with Crippen molar-refractivity contribution in [2.45, 2.75) is 25.3 Å². The number of rotatable bonds is 5. The minimum Gasteiger partial charge on any atom is -0.497 e. The number of hydrogen-bond donors (Lipinski definition) is 0. The van der Waals surface area contributed by atoms with Gasteiger partial charge in [0, 0.05) is 38.6 Å². The fourth-order valence-electron chi connectivity index (χ4n) is 4.74. The highest BCUT2D eigenvalue weighted by Gasteiger charge is 2.41. The molecule has 2 aromatic rings. The average molecular weight is 396 g/mol. The number of benzene rings is 1. The fraction of sp³-hybridized carbons (Fsp3) is 0.500. The number of piperidine rings is 1. The van der Waals surface area contributed by atoms with Gasteiger partial charge in [-0.15, -0.1) is 0 Å². The molecule has 1 saturated carbocycles. The first-order valence-electron chi connectivity index (χ1n) is 10.1. The van der Waals surface area contributed by atoms with Crippen LogP contribution in [-0.2, 0) is 0 Å². The lowest BCUT2D eigenvalue weighted by molar-refractivity contribution is 0.0727. The zero-order valence-corrected chi connectivity index (χ0v) is 17.2. The molecule has 1 aromatic carbocycles. The molecule has 29 heavy (non-hydrogen) atoms. The number of methoxy groups -OCH3 is 2. The van der Waals surface area contributed by atoms with Gasteiger partial charge in [0.25, 0.3) is 5.91 Å². The largest absolute Gasteiger partial charge is 0.497 e. The lowest BCUT2D eigenvalue weighted by Crippen LogP contribution is -2.39. The lowest BCUT2D eigenvalue weighted by Gasteiger charge is -2.34. The van der Waals surface area contributed by atoms with Crippen molar-refractivity contribution < 1.29 is 14.3 Å². The maximum Gasteiger partial charge on any atom is 0.257 e. The van der Waals surface area contributed by atoms with E-state index in [1.807, 2.05) is 18.0 Å². The Morgan fingerprint density at radius 3 is 2.62 bits per heavy atom. The first-order valence-corrected chi connectivity index (χ1v) is 10.1. The number of carbonyl (C=O) groups is 1. The van der Waals surface area contributed by atoms with Gasteiger partial charge in [0.1, 0.15) is 11.5 Å². The molecule has 7 nitrogen and oxygen atoms in total. The second-order valence-corrected chi connectivity index (χ2v) is 7.91. The van der Waals surface area contributed by atoms with E-state index in [9.17, 15) is 4.79 Å². The van der Waals surface area contributed by atoms with Gasteiger partial charge in [-0.25, -0.2) is 9.97 Å². The van der Waals surface area contributed by atoms with Crippen molar-refractivity contribution in [3.63, 3.8) is 0 Å². The van der Waals surface area contributed by atoms with Crippen LogP contribution in [0.3, 0.4) is 0 Å². The molecule has 7 heteroatoms. The number of fused-ring (bicyclic) bond motifs is 1. The number of ether oxygens (including phenoxy) is 2. The fourth-order valence-corrected chi connectivity index (χ4v) is 4.74. The minimum atomic E-state index is -0.0207. The molecule has 1 aromatic heterocycles. The van der Waals surface area contributed by atoms with Gasteiger partial charge in [-0.05, 0) is 55.4 Å². The maximum atomic E-state index is 13.2. The summed E-state index contributed by atoms with van der Waals surface area (Å²) in [4.78, 5) is 26.2. The molecule has 2 heterocycles. The minimum absolute atomic E-state index is 0.0207. The second-order valence-electron chi connectivity index (χ2n) is 7.91. The van der Waals surface area contributed by atoms with Gasteiger partial charge < -0.3 is 19.3 Å². The van der Waals surface area contributed by atoms with E-state index < -0.39 is 0 Å². The highest BCUT2D eigenvalue weighted by Crippen LogP contribution is 2.41. The van der Waals surface area contributed by atoms with E-state index >= 15 is 0 Å². The van der Waals surface area contributed by atoms with Crippen molar-refractivity contribution in [3.8, 4) is 11.5 Å². The van der Waals surface area contributed by atoms with Crippen LogP contribution >= 0.6 is 0 Å². The lowest BCUT2D eigenvalue weighted by atomic mass is 9.89. The van der Waals surface area contributed by atoms with Crippen LogP contribution in [0.25, 0.3) is 0 Å². The van der Waals surface area contributed by atoms with Crippen LogP contribution in [0.2, 0.25) is 0 Å². The van der Waals surface area contributed by atoms with Crippen molar-refractivity contribution in [3.05, 3.63) is 42.2 Å². The third kappa shape index (κ3) is 3.86. The molecule has 1 amide bonds. The summed E-state index contributed by atoms with van der Waals surface area (Å²) in [6, 6.07) is 7.42. The third-order valence-corrected chi connectivity index (χ3v) is 6.38. The Hall–Kier alpha value is -2.83. The summed E-state index contributed by atoms with van der Waals surface area (Å²) in [7, 11) is 5.09. The summed E-state index contributed by atoms with van der Waals surface area (Å²) >= 11 is 0. The monoisotopic (exact) mass is 396 g/mol. The Kier molecular flexibility index (Phi) is 5.56. The number of amides is 1. The molecule has 154 valence electrons. The van der Waals surface area contributed by atoms with Gasteiger partial charge in [-0.1, -0.05) is 0 Å². The zero-order chi connectivity index (χ0) is 20.4.